The number of hydrogen-bond acceptors (Lipinski definition) is 3. The highest BCUT2D eigenvalue weighted by atomic mass is 35.5. The van der Waals surface area contributed by atoms with Crippen molar-refractivity contribution in [3.05, 3.63) is 53.6 Å². The maximum absolute atomic E-state index is 5.84. The van der Waals surface area contributed by atoms with Gasteiger partial charge in [0.25, 0.3) is 0 Å². The first-order valence-electron chi connectivity index (χ1n) is 6.66. The molecule has 0 aromatic heterocycles. The van der Waals surface area contributed by atoms with Crippen LogP contribution in [0.4, 0.5) is 0 Å². The summed E-state index contributed by atoms with van der Waals surface area (Å²) in [4.78, 5) is 0. The molecule has 5 heteroatoms. The number of ether oxygens (including phenoxy) is 2. The van der Waals surface area contributed by atoms with Crippen molar-refractivity contribution in [3.8, 4) is 17.2 Å². The molecule has 0 spiro atoms. The summed E-state index contributed by atoms with van der Waals surface area (Å²) in [7, 11) is 0. The minimum Gasteiger partial charge on any atom is -0.493 e. The summed E-state index contributed by atoms with van der Waals surface area (Å²) in [5, 5.41) is 3.93. The predicted molar refractivity (Wildman–Crippen MR) is 87.1 cm³/mol. The molecule has 0 atom stereocenters. The molecule has 2 aromatic carbocycles. The molecule has 0 saturated carbocycles. The third kappa shape index (κ3) is 4.53. The Morgan fingerprint density at radius 3 is 1.95 bits per heavy atom. The molecule has 21 heavy (non-hydrogen) atoms. The largest absolute Gasteiger partial charge is 0.493 e. The van der Waals surface area contributed by atoms with Crippen LogP contribution in [0.2, 0.25) is 5.02 Å². The van der Waals surface area contributed by atoms with E-state index in [0.29, 0.717) is 10.9 Å². The van der Waals surface area contributed by atoms with Crippen molar-refractivity contribution in [1.82, 2.24) is 5.32 Å². The Bertz CT molecular complexity index is 553. The molecule has 0 aliphatic carbocycles. The first-order chi connectivity index (χ1) is 9.79. The zero-order valence-corrected chi connectivity index (χ0v) is 13.0. The molecule has 1 aliphatic rings. The van der Waals surface area contributed by atoms with E-state index in [0.717, 1.165) is 36.9 Å². The van der Waals surface area contributed by atoms with E-state index in [9.17, 15) is 0 Å². The van der Waals surface area contributed by atoms with Crippen molar-refractivity contribution in [2.24, 2.45) is 5.92 Å². The second kappa shape index (κ2) is 7.55. The number of rotatable bonds is 5. The Labute approximate surface area is 135 Å². The van der Waals surface area contributed by atoms with Gasteiger partial charge in [-0.2, -0.15) is 0 Å². The van der Waals surface area contributed by atoms with Crippen LogP contribution in [0.25, 0.3) is 0 Å². The molecule has 1 saturated heterocycles. The van der Waals surface area contributed by atoms with E-state index in [-0.39, 0.29) is 12.4 Å². The predicted octanol–water partition coefficient (Wildman–Crippen LogP) is 4.15. The van der Waals surface area contributed by atoms with Gasteiger partial charge in [0, 0.05) is 24.0 Å². The van der Waals surface area contributed by atoms with Crippen LogP contribution in [-0.2, 0) is 0 Å². The van der Waals surface area contributed by atoms with Crippen LogP contribution in [0.3, 0.4) is 0 Å². The van der Waals surface area contributed by atoms with Crippen molar-refractivity contribution in [2.75, 3.05) is 19.7 Å². The van der Waals surface area contributed by atoms with Crippen LogP contribution in [0, 0.1) is 5.92 Å². The summed E-state index contributed by atoms with van der Waals surface area (Å²) < 4.78 is 11.4. The van der Waals surface area contributed by atoms with Gasteiger partial charge in [-0.05, 0) is 48.5 Å². The first kappa shape index (κ1) is 16.0. The third-order valence-electron chi connectivity index (χ3n) is 3.22. The van der Waals surface area contributed by atoms with E-state index in [1.165, 1.54) is 0 Å². The van der Waals surface area contributed by atoms with Crippen molar-refractivity contribution in [2.45, 2.75) is 0 Å². The number of nitrogens with one attached hydrogen (secondary N) is 1. The lowest BCUT2D eigenvalue weighted by atomic mass is 10.1. The molecular weight excluding hydrogens is 309 g/mol. The van der Waals surface area contributed by atoms with Gasteiger partial charge < -0.3 is 14.8 Å². The van der Waals surface area contributed by atoms with Gasteiger partial charge in [-0.3, -0.25) is 0 Å². The van der Waals surface area contributed by atoms with E-state index >= 15 is 0 Å². The molecule has 1 N–H and O–H groups in total. The first-order valence-corrected chi connectivity index (χ1v) is 7.04. The zero-order valence-electron chi connectivity index (χ0n) is 11.4. The number of halogens is 2. The minimum atomic E-state index is 0. The second-order valence-electron chi connectivity index (χ2n) is 4.86. The van der Waals surface area contributed by atoms with Gasteiger partial charge in [0.15, 0.2) is 0 Å². The number of hydrogen-bond donors (Lipinski definition) is 1. The topological polar surface area (TPSA) is 30.5 Å². The van der Waals surface area contributed by atoms with E-state index in [2.05, 4.69) is 5.32 Å². The monoisotopic (exact) mass is 325 g/mol. The van der Waals surface area contributed by atoms with Gasteiger partial charge in [0.05, 0.1) is 6.61 Å². The maximum atomic E-state index is 5.84. The number of benzene rings is 2. The van der Waals surface area contributed by atoms with Crippen LogP contribution in [-0.4, -0.2) is 19.7 Å². The Morgan fingerprint density at radius 2 is 1.43 bits per heavy atom. The van der Waals surface area contributed by atoms with Gasteiger partial charge in [-0.1, -0.05) is 11.6 Å². The Kier molecular flexibility index (Phi) is 5.74. The van der Waals surface area contributed by atoms with Crippen LogP contribution in [0.15, 0.2) is 48.5 Å². The molecule has 0 unspecified atom stereocenters. The molecule has 0 amide bonds. The minimum absolute atomic E-state index is 0. The SMILES string of the molecule is Cl.Clc1ccc(Oc2ccc(OCC3CNC3)cc2)cc1. The Hall–Kier alpha value is -1.42. The fourth-order valence-electron chi connectivity index (χ4n) is 1.92. The smallest absolute Gasteiger partial charge is 0.127 e. The molecule has 1 heterocycles. The van der Waals surface area contributed by atoms with Crippen molar-refractivity contribution in [3.63, 3.8) is 0 Å². The summed E-state index contributed by atoms with van der Waals surface area (Å²) >= 11 is 5.84. The summed E-state index contributed by atoms with van der Waals surface area (Å²) in [6.45, 7) is 2.87. The summed E-state index contributed by atoms with van der Waals surface area (Å²) in [5.74, 6) is 3.06. The lowest BCUT2D eigenvalue weighted by Crippen LogP contribution is -2.45. The summed E-state index contributed by atoms with van der Waals surface area (Å²) in [6, 6.07) is 15.0. The lowest BCUT2D eigenvalue weighted by Gasteiger charge is -2.26. The average molecular weight is 326 g/mol. The van der Waals surface area contributed by atoms with Gasteiger partial charge in [0.2, 0.25) is 0 Å². The molecule has 1 fully saturated rings. The van der Waals surface area contributed by atoms with Crippen molar-refractivity contribution in [1.29, 1.82) is 0 Å². The van der Waals surface area contributed by atoms with Gasteiger partial charge >= 0.3 is 0 Å². The summed E-state index contributed by atoms with van der Waals surface area (Å²) in [6.07, 6.45) is 0. The molecule has 1 aliphatic heterocycles. The van der Waals surface area contributed by atoms with E-state index in [1.54, 1.807) is 12.1 Å². The van der Waals surface area contributed by atoms with Gasteiger partial charge in [-0.15, -0.1) is 12.4 Å². The van der Waals surface area contributed by atoms with Crippen molar-refractivity contribution < 1.29 is 9.47 Å². The molecule has 3 rings (SSSR count). The van der Waals surface area contributed by atoms with Crippen LogP contribution < -0.4 is 14.8 Å². The maximum Gasteiger partial charge on any atom is 0.127 e. The van der Waals surface area contributed by atoms with Gasteiger partial charge in [0.1, 0.15) is 17.2 Å². The molecule has 2 aromatic rings. The normalized spacial score (nSPS) is 14.0. The highest BCUT2D eigenvalue weighted by Gasteiger charge is 2.16. The Morgan fingerprint density at radius 1 is 0.905 bits per heavy atom. The fraction of sp³-hybridized carbons (Fsp3) is 0.250. The van der Waals surface area contributed by atoms with Crippen LogP contribution in [0.5, 0.6) is 17.2 Å². The molecule has 0 radical (unpaired) electrons. The van der Waals surface area contributed by atoms with Crippen molar-refractivity contribution >= 4 is 24.0 Å². The highest BCUT2D eigenvalue weighted by molar-refractivity contribution is 6.30. The van der Waals surface area contributed by atoms with E-state index < -0.39 is 0 Å². The lowest BCUT2D eigenvalue weighted by molar-refractivity contribution is 0.199. The average Bonchev–Trinajstić information content (AvgIpc) is 2.42. The molecule has 112 valence electrons. The van der Waals surface area contributed by atoms with Gasteiger partial charge in [-0.25, -0.2) is 0 Å². The van der Waals surface area contributed by atoms with E-state index in [4.69, 9.17) is 21.1 Å². The second-order valence-corrected chi connectivity index (χ2v) is 5.30. The fourth-order valence-corrected chi connectivity index (χ4v) is 2.05. The standard InChI is InChI=1S/C16H16ClNO2.ClH/c17-13-1-3-15(4-2-13)20-16-7-5-14(6-8-16)19-11-12-9-18-10-12;/h1-8,12,18H,9-11H2;1H. The van der Waals surface area contributed by atoms with Crippen LogP contribution >= 0.6 is 24.0 Å². The molecule has 3 nitrogen and oxygen atoms in total. The summed E-state index contributed by atoms with van der Waals surface area (Å²) in [5.41, 5.74) is 0. The quantitative estimate of drug-likeness (QED) is 0.895. The van der Waals surface area contributed by atoms with Crippen LogP contribution in [0.1, 0.15) is 0 Å². The van der Waals surface area contributed by atoms with E-state index in [1.807, 2.05) is 36.4 Å². The molecular formula is C16H17Cl2NO2. The third-order valence-corrected chi connectivity index (χ3v) is 3.48. The zero-order chi connectivity index (χ0) is 13.8. The highest BCUT2D eigenvalue weighted by Crippen LogP contribution is 2.25. The Balaban J connectivity index is 0.00000161. The molecule has 0 bridgehead atoms.